The van der Waals surface area contributed by atoms with Gasteiger partial charge in [0.15, 0.2) is 11.6 Å². The number of rotatable bonds is 8. The molecular formula is C22H30N6O2. The second kappa shape index (κ2) is 9.30. The summed E-state index contributed by atoms with van der Waals surface area (Å²) in [5.41, 5.74) is 8.76. The first-order chi connectivity index (χ1) is 15.8. The molecule has 1 amide bonds. The van der Waals surface area contributed by atoms with Gasteiger partial charge in [0.2, 0.25) is 5.91 Å². The molecule has 0 spiro atoms. The molecule has 0 unspecified atom stereocenters. The predicted molar refractivity (Wildman–Crippen MR) is 117 cm³/mol. The van der Waals surface area contributed by atoms with Crippen LogP contribution >= 0.6 is 0 Å². The molecule has 3 heterocycles. The van der Waals surface area contributed by atoms with E-state index >= 15 is 0 Å². The van der Waals surface area contributed by atoms with Crippen LogP contribution in [0.2, 0.25) is 0 Å². The molecule has 3 N–H and O–H groups in total. The number of nitrogen functional groups attached to an aromatic ring is 1. The summed E-state index contributed by atoms with van der Waals surface area (Å²) in [5, 5.41) is 2.74. The molecule has 1 saturated heterocycles. The van der Waals surface area contributed by atoms with Crippen LogP contribution in [0.15, 0.2) is 24.3 Å². The number of benzene rings is 1. The zero-order chi connectivity index (χ0) is 23.4. The number of carbonyl (C=O) groups excluding carboxylic acids is 1. The zero-order valence-electron chi connectivity index (χ0n) is 20.1. The molecule has 1 aromatic heterocycles. The number of aromatic nitrogens is 2. The Bertz CT molecular complexity index is 977. The Balaban J connectivity index is 1.44. The third-order valence-corrected chi connectivity index (χ3v) is 5.35. The molecule has 0 bridgehead atoms. The van der Waals surface area contributed by atoms with Crippen LogP contribution in [0.1, 0.15) is 47.8 Å². The number of nitrogens with two attached hydrogens (primary N) is 1. The molecule has 1 aromatic carbocycles. The van der Waals surface area contributed by atoms with Crippen LogP contribution in [-0.2, 0) is 17.9 Å². The average molecular weight is 414 g/mol. The highest BCUT2D eigenvalue weighted by Gasteiger charge is 2.27. The first-order valence-electron chi connectivity index (χ1n) is 11.9. The van der Waals surface area contributed by atoms with Gasteiger partial charge in [0.05, 0.1) is 13.2 Å². The number of ether oxygens (including phenoxy) is 1. The van der Waals surface area contributed by atoms with Gasteiger partial charge in [-0.2, -0.15) is 9.97 Å². The highest BCUT2D eigenvalue weighted by Crippen LogP contribution is 2.34. The monoisotopic (exact) mass is 413 g/mol. The van der Waals surface area contributed by atoms with E-state index in [-0.39, 0.29) is 37.3 Å². The van der Waals surface area contributed by atoms with Gasteiger partial charge in [-0.25, -0.2) is 0 Å². The average Bonchev–Trinajstić information content (AvgIpc) is 3.26. The standard InChI is InChI=1S/C22H30N6O2/c1-2-3-12-30-22-25-20(23)19-21(26-22)28(15-18(29)24-19)14-17-8-6-16(7-9-17)13-27-10-4-5-11-27/h6-9H,2-5,10-15H2,1H3,(H,24,29)(H2,23,25,26)/i1D3. The minimum Gasteiger partial charge on any atom is -0.463 e. The maximum absolute atomic E-state index is 12.3. The van der Waals surface area contributed by atoms with E-state index in [1.807, 2.05) is 4.90 Å². The Morgan fingerprint density at radius 2 is 1.90 bits per heavy atom. The summed E-state index contributed by atoms with van der Waals surface area (Å²) in [7, 11) is 0. The molecule has 1 fully saturated rings. The van der Waals surface area contributed by atoms with Crippen molar-refractivity contribution in [3.63, 3.8) is 0 Å². The Kier molecular flexibility index (Phi) is 5.23. The fourth-order valence-electron chi connectivity index (χ4n) is 3.82. The van der Waals surface area contributed by atoms with Crippen molar-refractivity contribution in [1.29, 1.82) is 0 Å². The number of hydrogen-bond acceptors (Lipinski definition) is 7. The van der Waals surface area contributed by atoms with Gasteiger partial charge in [-0.1, -0.05) is 37.5 Å². The summed E-state index contributed by atoms with van der Waals surface area (Å²) in [6.45, 7) is 2.07. The van der Waals surface area contributed by atoms with Crippen molar-refractivity contribution in [2.75, 3.05) is 42.2 Å². The summed E-state index contributed by atoms with van der Waals surface area (Å²) in [4.78, 5) is 25.1. The topological polar surface area (TPSA) is 96.6 Å². The lowest BCUT2D eigenvalue weighted by Crippen LogP contribution is -2.39. The van der Waals surface area contributed by atoms with Gasteiger partial charge in [-0.15, -0.1) is 0 Å². The van der Waals surface area contributed by atoms with Gasteiger partial charge in [0.1, 0.15) is 5.69 Å². The van der Waals surface area contributed by atoms with E-state index in [4.69, 9.17) is 14.6 Å². The van der Waals surface area contributed by atoms with Crippen LogP contribution in [0.25, 0.3) is 0 Å². The van der Waals surface area contributed by atoms with Crippen molar-refractivity contribution in [3.8, 4) is 6.01 Å². The van der Waals surface area contributed by atoms with Crippen LogP contribution < -0.4 is 20.7 Å². The number of nitrogens with one attached hydrogen (secondary N) is 1. The van der Waals surface area contributed by atoms with Crippen LogP contribution in [0.4, 0.5) is 17.3 Å². The Morgan fingerprint density at radius 3 is 2.63 bits per heavy atom. The van der Waals surface area contributed by atoms with E-state index in [0.29, 0.717) is 24.5 Å². The summed E-state index contributed by atoms with van der Waals surface area (Å²) in [5.74, 6) is 0.425. The number of amides is 1. The van der Waals surface area contributed by atoms with Crippen molar-refractivity contribution < 1.29 is 13.6 Å². The van der Waals surface area contributed by atoms with E-state index < -0.39 is 6.85 Å². The lowest BCUT2D eigenvalue weighted by molar-refractivity contribution is -0.115. The van der Waals surface area contributed by atoms with Gasteiger partial charge in [0.25, 0.3) is 0 Å². The van der Waals surface area contributed by atoms with E-state index in [1.54, 1.807) is 0 Å². The SMILES string of the molecule is [2H]C([2H])([2H])CCCOc1nc(N)c2c(n1)N(Cc1ccc(CN3CCCC3)cc1)CC(=O)N2. The maximum atomic E-state index is 12.3. The van der Waals surface area contributed by atoms with Gasteiger partial charge >= 0.3 is 6.01 Å². The molecule has 0 atom stereocenters. The van der Waals surface area contributed by atoms with Gasteiger partial charge in [0, 0.05) is 17.2 Å². The van der Waals surface area contributed by atoms with Crippen molar-refractivity contribution in [3.05, 3.63) is 35.4 Å². The lowest BCUT2D eigenvalue weighted by atomic mass is 10.1. The molecule has 2 aromatic rings. The highest BCUT2D eigenvalue weighted by atomic mass is 16.5. The minimum absolute atomic E-state index is 0.0450. The normalized spacial score (nSPS) is 18.3. The Hall–Kier alpha value is -2.87. The smallest absolute Gasteiger partial charge is 0.320 e. The second-order valence-corrected chi connectivity index (χ2v) is 7.75. The number of fused-ring (bicyclic) bond motifs is 1. The van der Waals surface area contributed by atoms with Crippen LogP contribution in [0.3, 0.4) is 0 Å². The molecule has 0 radical (unpaired) electrons. The highest BCUT2D eigenvalue weighted by molar-refractivity contribution is 6.03. The van der Waals surface area contributed by atoms with E-state index in [0.717, 1.165) is 25.2 Å². The van der Waals surface area contributed by atoms with E-state index in [9.17, 15) is 4.79 Å². The Morgan fingerprint density at radius 1 is 1.17 bits per heavy atom. The number of carbonyl (C=O) groups is 1. The minimum atomic E-state index is -2.00. The summed E-state index contributed by atoms with van der Waals surface area (Å²) < 4.78 is 27.4. The third-order valence-electron chi connectivity index (χ3n) is 5.35. The molecule has 160 valence electrons. The van der Waals surface area contributed by atoms with Crippen molar-refractivity contribution in [2.45, 2.75) is 45.6 Å². The van der Waals surface area contributed by atoms with Crippen LogP contribution in [-0.4, -0.2) is 47.0 Å². The summed E-state index contributed by atoms with van der Waals surface area (Å²) >= 11 is 0. The lowest BCUT2D eigenvalue weighted by Gasteiger charge is -2.30. The fraction of sp³-hybridized carbons (Fsp3) is 0.500. The maximum Gasteiger partial charge on any atom is 0.320 e. The first-order valence-corrected chi connectivity index (χ1v) is 10.4. The number of hydrogen-bond donors (Lipinski definition) is 2. The van der Waals surface area contributed by atoms with E-state index in [1.165, 1.54) is 18.4 Å². The first kappa shape index (κ1) is 16.9. The van der Waals surface area contributed by atoms with Gasteiger partial charge in [-0.3, -0.25) is 9.69 Å². The van der Waals surface area contributed by atoms with Crippen LogP contribution in [0, 0.1) is 0 Å². The van der Waals surface area contributed by atoms with Crippen molar-refractivity contribution in [1.82, 2.24) is 14.9 Å². The molecule has 0 saturated carbocycles. The molecule has 8 nitrogen and oxygen atoms in total. The molecule has 2 aliphatic heterocycles. The Labute approximate surface area is 181 Å². The van der Waals surface area contributed by atoms with Crippen LogP contribution in [0.5, 0.6) is 6.01 Å². The summed E-state index contributed by atoms with van der Waals surface area (Å²) in [6, 6.07) is 8.49. The molecule has 30 heavy (non-hydrogen) atoms. The number of anilines is 3. The van der Waals surface area contributed by atoms with Gasteiger partial charge < -0.3 is 20.7 Å². The largest absolute Gasteiger partial charge is 0.463 e. The van der Waals surface area contributed by atoms with E-state index in [2.05, 4.69) is 44.5 Å². The molecule has 4 rings (SSSR count). The van der Waals surface area contributed by atoms with Crippen molar-refractivity contribution >= 4 is 23.2 Å². The predicted octanol–water partition coefficient (Wildman–Crippen LogP) is 2.79. The summed E-state index contributed by atoms with van der Waals surface area (Å²) in [6.07, 6.45) is 2.93. The fourth-order valence-corrected chi connectivity index (χ4v) is 3.82. The number of nitrogens with zero attached hydrogens (tertiary/aromatic N) is 4. The molecular weight excluding hydrogens is 380 g/mol. The molecule has 2 aliphatic rings. The third kappa shape index (κ3) is 4.81. The molecule has 8 heteroatoms. The van der Waals surface area contributed by atoms with Gasteiger partial charge in [-0.05, 0) is 43.5 Å². The number of likely N-dealkylation sites (tertiary alicyclic amines) is 1. The van der Waals surface area contributed by atoms with Crippen molar-refractivity contribution in [2.24, 2.45) is 0 Å². The second-order valence-electron chi connectivity index (χ2n) is 7.75. The zero-order valence-corrected chi connectivity index (χ0v) is 17.1. The molecule has 0 aliphatic carbocycles. The quantitative estimate of drug-likeness (QED) is 0.642.